The number of piperazine rings is 1. The molecule has 0 aliphatic carbocycles. The van der Waals surface area contributed by atoms with Crippen molar-refractivity contribution in [3.05, 3.63) is 58.2 Å². The highest BCUT2D eigenvalue weighted by Crippen LogP contribution is 2.30. The standard InChI is InChI=1S/C22H21ClN6OS/c1-14-19-15(13-17(18-6-4-12-31-18)25-21(19)27(2)26-14)22(30)29-10-8-28(9-11-29)20-16(23)5-3-7-24-20/h3-7,12-13H,8-11H2,1-2H3. The van der Waals surface area contributed by atoms with Crippen LogP contribution in [0.4, 0.5) is 5.82 Å². The molecule has 5 heterocycles. The second-order valence-electron chi connectivity index (χ2n) is 7.53. The molecule has 0 saturated carbocycles. The van der Waals surface area contributed by atoms with Crippen molar-refractivity contribution < 1.29 is 4.79 Å². The summed E-state index contributed by atoms with van der Waals surface area (Å²) in [6, 6.07) is 9.58. The number of aryl methyl sites for hydroxylation is 2. The molecule has 0 radical (unpaired) electrons. The summed E-state index contributed by atoms with van der Waals surface area (Å²) >= 11 is 7.91. The number of hydrogen-bond acceptors (Lipinski definition) is 6. The Morgan fingerprint density at radius 3 is 2.68 bits per heavy atom. The average molecular weight is 453 g/mol. The fourth-order valence-corrected chi connectivity index (χ4v) is 4.99. The number of hydrogen-bond donors (Lipinski definition) is 0. The van der Waals surface area contributed by atoms with Crippen molar-refractivity contribution in [1.82, 2.24) is 24.6 Å². The number of amides is 1. The molecule has 9 heteroatoms. The van der Waals surface area contributed by atoms with Crippen LogP contribution in [0.5, 0.6) is 0 Å². The Morgan fingerprint density at radius 2 is 1.97 bits per heavy atom. The minimum atomic E-state index is 0.00748. The highest BCUT2D eigenvalue weighted by Gasteiger charge is 2.27. The maximum atomic E-state index is 13.6. The Balaban J connectivity index is 1.47. The highest BCUT2D eigenvalue weighted by molar-refractivity contribution is 7.13. The lowest BCUT2D eigenvalue weighted by Crippen LogP contribution is -2.49. The highest BCUT2D eigenvalue weighted by atomic mass is 35.5. The molecule has 1 fully saturated rings. The van der Waals surface area contributed by atoms with Gasteiger partial charge in [0.15, 0.2) is 5.65 Å². The van der Waals surface area contributed by atoms with Gasteiger partial charge >= 0.3 is 0 Å². The van der Waals surface area contributed by atoms with Crippen molar-refractivity contribution >= 4 is 45.7 Å². The summed E-state index contributed by atoms with van der Waals surface area (Å²) in [5, 5.41) is 7.98. The monoisotopic (exact) mass is 452 g/mol. The van der Waals surface area contributed by atoms with Crippen LogP contribution in [0.3, 0.4) is 0 Å². The lowest BCUT2D eigenvalue weighted by molar-refractivity contribution is 0.0748. The van der Waals surface area contributed by atoms with Crippen molar-refractivity contribution in [1.29, 1.82) is 0 Å². The third kappa shape index (κ3) is 3.55. The molecule has 1 saturated heterocycles. The number of rotatable bonds is 3. The minimum Gasteiger partial charge on any atom is -0.352 e. The first kappa shape index (κ1) is 20.0. The van der Waals surface area contributed by atoms with Gasteiger partial charge in [0, 0.05) is 39.4 Å². The van der Waals surface area contributed by atoms with E-state index in [-0.39, 0.29) is 5.91 Å². The van der Waals surface area contributed by atoms with E-state index in [0.717, 1.165) is 33.1 Å². The quantitative estimate of drug-likeness (QED) is 0.469. The second-order valence-corrected chi connectivity index (χ2v) is 8.88. The first-order chi connectivity index (χ1) is 15.0. The molecule has 4 aromatic rings. The Morgan fingerprint density at radius 1 is 1.16 bits per heavy atom. The van der Waals surface area contributed by atoms with Crippen LogP contribution < -0.4 is 4.90 Å². The first-order valence-corrected chi connectivity index (χ1v) is 11.3. The van der Waals surface area contributed by atoms with Gasteiger partial charge in [-0.2, -0.15) is 5.10 Å². The summed E-state index contributed by atoms with van der Waals surface area (Å²) in [4.78, 5) is 27.9. The number of carbonyl (C=O) groups excluding carboxylic acids is 1. The molecule has 1 aliphatic heterocycles. The average Bonchev–Trinajstić information content (AvgIpc) is 3.42. The van der Waals surface area contributed by atoms with Crippen LogP contribution in [0, 0.1) is 6.92 Å². The van der Waals surface area contributed by atoms with Crippen LogP contribution in [0.25, 0.3) is 21.6 Å². The molecule has 0 spiro atoms. The van der Waals surface area contributed by atoms with Gasteiger partial charge in [-0.05, 0) is 36.6 Å². The molecular weight excluding hydrogens is 432 g/mol. The zero-order chi connectivity index (χ0) is 21.5. The van der Waals surface area contributed by atoms with E-state index in [0.29, 0.717) is 36.8 Å². The van der Waals surface area contributed by atoms with Gasteiger partial charge in [-0.25, -0.2) is 9.97 Å². The molecule has 1 aliphatic rings. The number of halogens is 1. The topological polar surface area (TPSA) is 67.2 Å². The van der Waals surface area contributed by atoms with Crippen LogP contribution in [0.15, 0.2) is 41.9 Å². The fourth-order valence-electron chi connectivity index (χ4n) is 4.07. The summed E-state index contributed by atoms with van der Waals surface area (Å²) in [5.41, 5.74) is 2.99. The maximum Gasteiger partial charge on any atom is 0.254 e. The normalized spacial score (nSPS) is 14.4. The molecule has 7 nitrogen and oxygen atoms in total. The van der Waals surface area contributed by atoms with Crippen molar-refractivity contribution in [2.45, 2.75) is 6.92 Å². The van der Waals surface area contributed by atoms with E-state index >= 15 is 0 Å². The van der Waals surface area contributed by atoms with Gasteiger partial charge in [0.2, 0.25) is 0 Å². The Labute approximate surface area is 188 Å². The summed E-state index contributed by atoms with van der Waals surface area (Å²) < 4.78 is 1.75. The number of aromatic nitrogens is 4. The largest absolute Gasteiger partial charge is 0.352 e. The minimum absolute atomic E-state index is 0.00748. The lowest BCUT2D eigenvalue weighted by atomic mass is 10.1. The molecule has 31 heavy (non-hydrogen) atoms. The van der Waals surface area contributed by atoms with E-state index < -0.39 is 0 Å². The number of nitrogens with zero attached hydrogens (tertiary/aromatic N) is 6. The molecule has 1 amide bonds. The zero-order valence-electron chi connectivity index (χ0n) is 17.2. The molecule has 5 rings (SSSR count). The number of pyridine rings is 2. The SMILES string of the molecule is Cc1nn(C)c2nc(-c3cccs3)cc(C(=O)N3CCN(c4ncccc4Cl)CC3)c12. The lowest BCUT2D eigenvalue weighted by Gasteiger charge is -2.35. The second kappa shape index (κ2) is 7.94. The van der Waals surface area contributed by atoms with E-state index in [1.807, 2.05) is 54.6 Å². The molecule has 0 bridgehead atoms. The molecular formula is C22H21ClN6OS. The van der Waals surface area contributed by atoms with Gasteiger partial charge < -0.3 is 9.80 Å². The molecule has 0 aromatic carbocycles. The Kier molecular flexibility index (Phi) is 5.11. The van der Waals surface area contributed by atoms with Crippen LogP contribution in [-0.4, -0.2) is 56.7 Å². The summed E-state index contributed by atoms with van der Waals surface area (Å²) in [6.45, 7) is 4.49. The van der Waals surface area contributed by atoms with E-state index in [1.165, 1.54) is 0 Å². The fraction of sp³-hybridized carbons (Fsp3) is 0.273. The predicted molar refractivity (Wildman–Crippen MR) is 124 cm³/mol. The Hall–Kier alpha value is -2.97. The number of thiophene rings is 1. The number of carbonyl (C=O) groups is 1. The van der Waals surface area contributed by atoms with Gasteiger partial charge in [-0.15, -0.1) is 11.3 Å². The molecule has 158 valence electrons. The molecule has 0 unspecified atom stereocenters. The van der Waals surface area contributed by atoms with E-state index in [9.17, 15) is 4.79 Å². The first-order valence-electron chi connectivity index (χ1n) is 10.1. The van der Waals surface area contributed by atoms with Gasteiger partial charge in [0.05, 0.1) is 32.2 Å². The van der Waals surface area contributed by atoms with Crippen molar-refractivity contribution in [3.63, 3.8) is 0 Å². The van der Waals surface area contributed by atoms with E-state index in [4.69, 9.17) is 16.6 Å². The van der Waals surface area contributed by atoms with Crippen LogP contribution in [-0.2, 0) is 7.05 Å². The summed E-state index contributed by atoms with van der Waals surface area (Å²) in [6.07, 6.45) is 1.74. The molecule has 4 aromatic heterocycles. The van der Waals surface area contributed by atoms with Crippen molar-refractivity contribution in [2.75, 3.05) is 31.1 Å². The van der Waals surface area contributed by atoms with Crippen molar-refractivity contribution in [3.8, 4) is 10.6 Å². The van der Waals surface area contributed by atoms with E-state index in [1.54, 1.807) is 22.2 Å². The van der Waals surface area contributed by atoms with Crippen LogP contribution in [0.1, 0.15) is 16.1 Å². The number of anilines is 1. The van der Waals surface area contributed by atoms with Gasteiger partial charge in [0.1, 0.15) is 5.82 Å². The van der Waals surface area contributed by atoms with E-state index in [2.05, 4.69) is 15.0 Å². The predicted octanol–water partition coefficient (Wildman–Crippen LogP) is 4.02. The molecule has 0 N–H and O–H groups in total. The summed E-state index contributed by atoms with van der Waals surface area (Å²) in [5.74, 6) is 0.777. The maximum absolute atomic E-state index is 13.6. The third-order valence-electron chi connectivity index (χ3n) is 5.58. The Bertz CT molecular complexity index is 1260. The molecule has 0 atom stereocenters. The van der Waals surface area contributed by atoms with Gasteiger partial charge in [-0.1, -0.05) is 17.7 Å². The number of fused-ring (bicyclic) bond motifs is 1. The summed E-state index contributed by atoms with van der Waals surface area (Å²) in [7, 11) is 1.87. The zero-order valence-corrected chi connectivity index (χ0v) is 18.8. The smallest absolute Gasteiger partial charge is 0.254 e. The van der Waals surface area contributed by atoms with Crippen LogP contribution in [0.2, 0.25) is 5.02 Å². The van der Waals surface area contributed by atoms with Crippen molar-refractivity contribution in [2.24, 2.45) is 7.05 Å². The van der Waals surface area contributed by atoms with Gasteiger partial charge in [-0.3, -0.25) is 9.48 Å². The van der Waals surface area contributed by atoms with Crippen LogP contribution >= 0.6 is 22.9 Å². The van der Waals surface area contributed by atoms with Gasteiger partial charge in [0.25, 0.3) is 5.91 Å². The third-order valence-corrected chi connectivity index (χ3v) is 6.77.